The van der Waals surface area contributed by atoms with Gasteiger partial charge >= 0.3 is 0 Å². The number of nitrogens with one attached hydrogen (secondary N) is 1. The van der Waals surface area contributed by atoms with Crippen LogP contribution in [0, 0.1) is 0 Å². The first-order valence-corrected chi connectivity index (χ1v) is 7.54. The van der Waals surface area contributed by atoms with Gasteiger partial charge in [0, 0.05) is 25.0 Å². The van der Waals surface area contributed by atoms with Gasteiger partial charge in [0.15, 0.2) is 6.61 Å². The average Bonchev–Trinajstić information content (AvgIpc) is 2.54. The van der Waals surface area contributed by atoms with Crippen molar-refractivity contribution < 1.29 is 9.53 Å². The van der Waals surface area contributed by atoms with Gasteiger partial charge in [0.05, 0.1) is 0 Å². The number of para-hydroxylation sites is 1. The van der Waals surface area contributed by atoms with Crippen molar-refractivity contribution in [2.45, 2.75) is 12.8 Å². The van der Waals surface area contributed by atoms with E-state index >= 15 is 0 Å². The lowest BCUT2D eigenvalue weighted by molar-refractivity contribution is -0.118. The Morgan fingerprint density at radius 1 is 1.23 bits per heavy atom. The van der Waals surface area contributed by atoms with Crippen molar-refractivity contribution in [3.63, 3.8) is 0 Å². The van der Waals surface area contributed by atoms with E-state index in [0.29, 0.717) is 5.75 Å². The van der Waals surface area contributed by atoms with Crippen LogP contribution in [-0.4, -0.2) is 26.1 Å². The van der Waals surface area contributed by atoms with Gasteiger partial charge in [0.1, 0.15) is 5.75 Å². The molecule has 2 aromatic rings. The maximum atomic E-state index is 12.0. The van der Waals surface area contributed by atoms with Crippen LogP contribution in [0.1, 0.15) is 12.0 Å². The third-order valence-electron chi connectivity index (χ3n) is 3.83. The van der Waals surface area contributed by atoms with Crippen molar-refractivity contribution in [1.82, 2.24) is 0 Å². The molecule has 0 unspecified atom stereocenters. The van der Waals surface area contributed by atoms with Gasteiger partial charge in [-0.3, -0.25) is 4.79 Å². The molecule has 114 valence electrons. The first kappa shape index (κ1) is 14.4. The van der Waals surface area contributed by atoms with Crippen molar-refractivity contribution in [1.29, 1.82) is 0 Å². The fraction of sp³-hybridized carbons (Fsp3) is 0.278. The van der Waals surface area contributed by atoms with Crippen LogP contribution in [0.15, 0.2) is 48.5 Å². The largest absolute Gasteiger partial charge is 0.484 e. The molecule has 0 saturated carbocycles. The Balaban J connectivity index is 1.60. The minimum Gasteiger partial charge on any atom is -0.484 e. The molecule has 4 heteroatoms. The van der Waals surface area contributed by atoms with Crippen LogP contribution < -0.4 is 15.0 Å². The highest BCUT2D eigenvalue weighted by Gasteiger charge is 2.14. The number of carbonyl (C=O) groups is 1. The Bertz CT molecular complexity index is 655. The fourth-order valence-corrected chi connectivity index (χ4v) is 2.73. The number of ether oxygens (including phenoxy) is 1. The molecule has 1 heterocycles. The van der Waals surface area contributed by atoms with Gasteiger partial charge in [-0.05, 0) is 48.7 Å². The second kappa shape index (κ2) is 6.52. The van der Waals surface area contributed by atoms with E-state index in [9.17, 15) is 4.79 Å². The number of fused-ring (bicyclic) bond motifs is 1. The summed E-state index contributed by atoms with van der Waals surface area (Å²) in [5.74, 6) is 0.553. The van der Waals surface area contributed by atoms with Gasteiger partial charge in [-0.25, -0.2) is 0 Å². The predicted octanol–water partition coefficient (Wildman–Crippen LogP) is 3.09. The van der Waals surface area contributed by atoms with E-state index in [0.717, 1.165) is 25.1 Å². The number of anilines is 2. The van der Waals surface area contributed by atoms with Crippen LogP contribution in [-0.2, 0) is 11.2 Å². The molecule has 3 rings (SSSR count). The standard InChI is InChI=1S/C18H20N2O2/c1-20-11-5-6-14-12-15(9-10-17(14)20)19-18(21)13-22-16-7-3-2-4-8-16/h2-4,7-10,12H,5-6,11,13H2,1H3,(H,19,21). The predicted molar refractivity (Wildman–Crippen MR) is 88.6 cm³/mol. The van der Waals surface area contributed by atoms with Gasteiger partial charge in [-0.1, -0.05) is 18.2 Å². The van der Waals surface area contributed by atoms with Crippen LogP contribution in [0.4, 0.5) is 11.4 Å². The van der Waals surface area contributed by atoms with Crippen LogP contribution in [0.2, 0.25) is 0 Å². The van der Waals surface area contributed by atoms with Crippen molar-refractivity contribution in [2.24, 2.45) is 0 Å². The second-order valence-corrected chi connectivity index (χ2v) is 5.52. The molecule has 2 aromatic carbocycles. The van der Waals surface area contributed by atoms with Gasteiger partial charge in [0.25, 0.3) is 5.91 Å². The molecular weight excluding hydrogens is 276 g/mol. The highest BCUT2D eigenvalue weighted by molar-refractivity contribution is 5.92. The third kappa shape index (κ3) is 3.39. The topological polar surface area (TPSA) is 41.6 Å². The van der Waals surface area contributed by atoms with E-state index in [2.05, 4.69) is 29.4 Å². The number of hydrogen-bond acceptors (Lipinski definition) is 3. The SMILES string of the molecule is CN1CCCc2cc(NC(=O)COc3ccccc3)ccc21. The third-order valence-corrected chi connectivity index (χ3v) is 3.83. The summed E-state index contributed by atoms with van der Waals surface area (Å²) in [6, 6.07) is 15.4. The second-order valence-electron chi connectivity index (χ2n) is 5.52. The van der Waals surface area contributed by atoms with Gasteiger partial charge in [-0.15, -0.1) is 0 Å². The summed E-state index contributed by atoms with van der Waals surface area (Å²) in [6.45, 7) is 1.10. The zero-order valence-corrected chi connectivity index (χ0v) is 12.7. The van der Waals surface area contributed by atoms with Crippen molar-refractivity contribution in [3.05, 3.63) is 54.1 Å². The molecule has 0 bridgehead atoms. The number of aryl methyl sites for hydroxylation is 1. The normalized spacial score (nSPS) is 13.4. The molecule has 1 N–H and O–H groups in total. The summed E-state index contributed by atoms with van der Waals surface area (Å²) in [6.07, 6.45) is 2.21. The van der Waals surface area contributed by atoms with E-state index in [1.165, 1.54) is 11.3 Å². The quantitative estimate of drug-likeness (QED) is 0.942. The first-order chi connectivity index (χ1) is 10.7. The van der Waals surface area contributed by atoms with Crippen molar-refractivity contribution in [3.8, 4) is 5.75 Å². The Hall–Kier alpha value is -2.49. The van der Waals surface area contributed by atoms with Crippen LogP contribution in [0.3, 0.4) is 0 Å². The molecule has 0 aliphatic carbocycles. The molecule has 1 amide bonds. The maximum Gasteiger partial charge on any atom is 0.262 e. The van der Waals surface area contributed by atoms with E-state index < -0.39 is 0 Å². The lowest BCUT2D eigenvalue weighted by atomic mass is 10.0. The summed E-state index contributed by atoms with van der Waals surface area (Å²) in [4.78, 5) is 14.2. The Morgan fingerprint density at radius 2 is 2.05 bits per heavy atom. The Labute approximate surface area is 130 Å². The van der Waals surface area contributed by atoms with Gasteiger partial charge < -0.3 is 15.0 Å². The molecule has 0 radical (unpaired) electrons. The minimum atomic E-state index is -0.145. The van der Waals surface area contributed by atoms with Crippen LogP contribution in [0.25, 0.3) is 0 Å². The average molecular weight is 296 g/mol. The fourth-order valence-electron chi connectivity index (χ4n) is 2.73. The number of rotatable bonds is 4. The van der Waals surface area contributed by atoms with E-state index in [4.69, 9.17) is 4.74 Å². The summed E-state index contributed by atoms with van der Waals surface area (Å²) < 4.78 is 5.45. The Morgan fingerprint density at radius 3 is 2.86 bits per heavy atom. The molecule has 1 aliphatic rings. The summed E-state index contributed by atoms with van der Waals surface area (Å²) in [5.41, 5.74) is 3.37. The van der Waals surface area contributed by atoms with Gasteiger partial charge in [-0.2, -0.15) is 0 Å². The molecular formula is C18H20N2O2. The van der Waals surface area contributed by atoms with E-state index in [-0.39, 0.29) is 12.5 Å². The zero-order valence-electron chi connectivity index (χ0n) is 12.7. The van der Waals surface area contributed by atoms with E-state index in [1.807, 2.05) is 36.4 Å². The number of benzene rings is 2. The van der Waals surface area contributed by atoms with Gasteiger partial charge in [0.2, 0.25) is 0 Å². The maximum absolute atomic E-state index is 12.0. The highest BCUT2D eigenvalue weighted by atomic mass is 16.5. The van der Waals surface area contributed by atoms with Crippen LogP contribution in [0.5, 0.6) is 5.75 Å². The molecule has 22 heavy (non-hydrogen) atoms. The molecule has 4 nitrogen and oxygen atoms in total. The molecule has 1 aliphatic heterocycles. The monoisotopic (exact) mass is 296 g/mol. The number of amides is 1. The minimum absolute atomic E-state index is 0.0149. The molecule has 0 aromatic heterocycles. The smallest absolute Gasteiger partial charge is 0.262 e. The number of hydrogen-bond donors (Lipinski definition) is 1. The first-order valence-electron chi connectivity index (χ1n) is 7.54. The van der Waals surface area contributed by atoms with Crippen LogP contribution >= 0.6 is 0 Å². The van der Waals surface area contributed by atoms with E-state index in [1.54, 1.807) is 0 Å². The summed E-state index contributed by atoms with van der Waals surface area (Å²) >= 11 is 0. The zero-order chi connectivity index (χ0) is 15.4. The van der Waals surface area contributed by atoms with Crippen molar-refractivity contribution in [2.75, 3.05) is 30.4 Å². The lowest BCUT2D eigenvalue weighted by Crippen LogP contribution is -2.25. The summed E-state index contributed by atoms with van der Waals surface area (Å²) in [7, 11) is 2.10. The number of carbonyl (C=O) groups excluding carboxylic acids is 1. The molecule has 0 saturated heterocycles. The molecule has 0 fully saturated rings. The number of nitrogens with zero attached hydrogens (tertiary/aromatic N) is 1. The lowest BCUT2D eigenvalue weighted by Gasteiger charge is -2.27. The molecule has 0 atom stereocenters. The highest BCUT2D eigenvalue weighted by Crippen LogP contribution is 2.28. The molecule has 0 spiro atoms. The summed E-state index contributed by atoms with van der Waals surface area (Å²) in [5, 5.41) is 2.89. The van der Waals surface area contributed by atoms with Crippen molar-refractivity contribution >= 4 is 17.3 Å². The Kier molecular flexibility index (Phi) is 4.28.